The zero-order chi connectivity index (χ0) is 17.1. The molecular formula is C18H24N4OS. The first kappa shape index (κ1) is 17.0. The fraction of sp³-hybridized carbons (Fsp3) is 0.500. The van der Waals surface area contributed by atoms with Gasteiger partial charge in [-0.25, -0.2) is 0 Å². The minimum Gasteiger partial charge on any atom is -0.355 e. The lowest BCUT2D eigenvalue weighted by Gasteiger charge is -2.14. The number of nitrogens with one attached hydrogen (secondary N) is 1. The number of para-hydroxylation sites is 1. The van der Waals surface area contributed by atoms with Crippen molar-refractivity contribution in [2.45, 2.75) is 49.9 Å². The standard InChI is InChI=1S/C18H24N4OS/c1-12(2)11-19-17(23)13(3)24-18-21-20-16(14-9-10-14)22(18)15-7-5-4-6-8-15/h4-8,12-14H,9-11H2,1-3H3,(H,19,23)/t13-/m1/s1. The molecule has 1 fully saturated rings. The Morgan fingerprint density at radius 3 is 2.58 bits per heavy atom. The number of carbonyl (C=O) groups is 1. The molecule has 0 bridgehead atoms. The second-order valence-corrected chi connectivity index (χ2v) is 7.99. The van der Waals surface area contributed by atoms with E-state index in [9.17, 15) is 4.79 Å². The first-order valence-electron chi connectivity index (χ1n) is 8.51. The molecule has 6 heteroatoms. The average Bonchev–Trinajstić information content (AvgIpc) is 3.34. The fourth-order valence-electron chi connectivity index (χ4n) is 2.44. The number of thioether (sulfide) groups is 1. The predicted octanol–water partition coefficient (Wildman–Crippen LogP) is 3.40. The van der Waals surface area contributed by atoms with Crippen LogP contribution >= 0.6 is 11.8 Å². The van der Waals surface area contributed by atoms with Crippen LogP contribution in [-0.4, -0.2) is 32.5 Å². The van der Waals surface area contributed by atoms with Gasteiger partial charge in [0.2, 0.25) is 5.91 Å². The molecule has 1 aromatic carbocycles. The average molecular weight is 344 g/mol. The van der Waals surface area contributed by atoms with E-state index >= 15 is 0 Å². The van der Waals surface area contributed by atoms with Crippen LogP contribution in [-0.2, 0) is 4.79 Å². The molecule has 2 aromatic rings. The van der Waals surface area contributed by atoms with Gasteiger partial charge in [0, 0.05) is 18.2 Å². The molecule has 0 radical (unpaired) electrons. The zero-order valence-corrected chi connectivity index (χ0v) is 15.2. The number of benzene rings is 1. The Kier molecular flexibility index (Phi) is 5.23. The summed E-state index contributed by atoms with van der Waals surface area (Å²) >= 11 is 1.47. The van der Waals surface area contributed by atoms with Gasteiger partial charge in [-0.05, 0) is 37.8 Å². The lowest BCUT2D eigenvalue weighted by atomic mass is 10.2. The molecule has 1 saturated carbocycles. The van der Waals surface area contributed by atoms with Gasteiger partial charge in [0.1, 0.15) is 5.82 Å². The van der Waals surface area contributed by atoms with Crippen molar-refractivity contribution in [2.75, 3.05) is 6.54 Å². The van der Waals surface area contributed by atoms with Crippen molar-refractivity contribution < 1.29 is 4.79 Å². The van der Waals surface area contributed by atoms with E-state index in [1.165, 1.54) is 24.6 Å². The van der Waals surface area contributed by atoms with E-state index in [0.717, 1.165) is 16.7 Å². The van der Waals surface area contributed by atoms with Crippen molar-refractivity contribution in [3.63, 3.8) is 0 Å². The van der Waals surface area contributed by atoms with Crippen molar-refractivity contribution in [1.29, 1.82) is 0 Å². The summed E-state index contributed by atoms with van der Waals surface area (Å²) in [7, 11) is 0. The minimum absolute atomic E-state index is 0.0456. The third-order valence-corrected chi connectivity index (χ3v) is 4.99. The normalized spacial score (nSPS) is 15.5. The summed E-state index contributed by atoms with van der Waals surface area (Å²) in [5.74, 6) is 2.00. The highest BCUT2D eigenvalue weighted by molar-refractivity contribution is 8.00. The van der Waals surface area contributed by atoms with Crippen LogP contribution in [0.2, 0.25) is 0 Å². The van der Waals surface area contributed by atoms with Crippen LogP contribution in [0.25, 0.3) is 5.69 Å². The van der Waals surface area contributed by atoms with E-state index in [1.54, 1.807) is 0 Å². The number of rotatable bonds is 7. The smallest absolute Gasteiger partial charge is 0.233 e. The summed E-state index contributed by atoms with van der Waals surface area (Å²) in [6, 6.07) is 10.1. The van der Waals surface area contributed by atoms with E-state index in [1.807, 2.05) is 25.1 Å². The van der Waals surface area contributed by atoms with Crippen LogP contribution in [0.4, 0.5) is 0 Å². The van der Waals surface area contributed by atoms with Gasteiger partial charge in [-0.1, -0.05) is 43.8 Å². The Hall–Kier alpha value is -1.82. The summed E-state index contributed by atoms with van der Waals surface area (Å²) < 4.78 is 2.11. The first-order valence-corrected chi connectivity index (χ1v) is 9.39. The van der Waals surface area contributed by atoms with Crippen LogP contribution in [0.15, 0.2) is 35.5 Å². The number of carbonyl (C=O) groups excluding carboxylic acids is 1. The van der Waals surface area contributed by atoms with Crippen molar-refractivity contribution >= 4 is 17.7 Å². The number of nitrogens with zero attached hydrogens (tertiary/aromatic N) is 3. The number of hydrogen-bond donors (Lipinski definition) is 1. The van der Waals surface area contributed by atoms with Crippen molar-refractivity contribution in [3.05, 3.63) is 36.2 Å². The molecule has 0 spiro atoms. The first-order chi connectivity index (χ1) is 11.6. The molecule has 24 heavy (non-hydrogen) atoms. The van der Waals surface area contributed by atoms with Gasteiger partial charge >= 0.3 is 0 Å². The van der Waals surface area contributed by atoms with E-state index < -0.39 is 0 Å². The van der Waals surface area contributed by atoms with Crippen LogP contribution in [0.5, 0.6) is 0 Å². The minimum atomic E-state index is -0.206. The molecule has 128 valence electrons. The maximum absolute atomic E-state index is 12.3. The topological polar surface area (TPSA) is 59.8 Å². The van der Waals surface area contributed by atoms with E-state index in [4.69, 9.17) is 0 Å². The lowest BCUT2D eigenvalue weighted by molar-refractivity contribution is -0.120. The number of hydrogen-bond acceptors (Lipinski definition) is 4. The molecule has 1 N–H and O–H groups in total. The van der Waals surface area contributed by atoms with Crippen molar-refractivity contribution in [1.82, 2.24) is 20.1 Å². The number of amides is 1. The summed E-state index contributed by atoms with van der Waals surface area (Å²) in [4.78, 5) is 12.3. The third-order valence-electron chi connectivity index (χ3n) is 3.95. The molecule has 1 amide bonds. The van der Waals surface area contributed by atoms with Crippen molar-refractivity contribution in [2.24, 2.45) is 5.92 Å². The molecule has 3 rings (SSSR count). The summed E-state index contributed by atoms with van der Waals surface area (Å²) in [5, 5.41) is 12.3. The molecule has 1 heterocycles. The van der Waals surface area contributed by atoms with Gasteiger partial charge < -0.3 is 5.32 Å². The van der Waals surface area contributed by atoms with E-state index in [2.05, 4.69) is 46.1 Å². The zero-order valence-electron chi connectivity index (χ0n) is 14.4. The lowest BCUT2D eigenvalue weighted by Crippen LogP contribution is -2.33. The Labute approximate surface area is 147 Å². The highest BCUT2D eigenvalue weighted by atomic mass is 32.2. The largest absolute Gasteiger partial charge is 0.355 e. The highest BCUT2D eigenvalue weighted by Gasteiger charge is 2.31. The molecule has 1 aromatic heterocycles. The maximum Gasteiger partial charge on any atom is 0.233 e. The highest BCUT2D eigenvalue weighted by Crippen LogP contribution is 2.41. The summed E-state index contributed by atoms with van der Waals surface area (Å²) in [6.07, 6.45) is 2.33. The monoisotopic (exact) mass is 344 g/mol. The number of aromatic nitrogens is 3. The van der Waals surface area contributed by atoms with Gasteiger partial charge in [0.05, 0.1) is 5.25 Å². The second-order valence-electron chi connectivity index (χ2n) is 6.69. The predicted molar refractivity (Wildman–Crippen MR) is 96.5 cm³/mol. The van der Waals surface area contributed by atoms with Crippen LogP contribution in [0, 0.1) is 5.92 Å². The molecule has 1 aliphatic carbocycles. The Morgan fingerprint density at radius 2 is 1.96 bits per heavy atom. The third kappa shape index (κ3) is 3.98. The van der Waals surface area contributed by atoms with Crippen molar-refractivity contribution in [3.8, 4) is 5.69 Å². The Bertz CT molecular complexity index is 694. The summed E-state index contributed by atoms with van der Waals surface area (Å²) in [6.45, 7) is 6.79. The van der Waals surface area contributed by atoms with Gasteiger partial charge in [-0.3, -0.25) is 9.36 Å². The molecule has 0 unspecified atom stereocenters. The van der Waals surface area contributed by atoms with E-state index in [-0.39, 0.29) is 11.2 Å². The quantitative estimate of drug-likeness (QED) is 0.782. The molecular weight excluding hydrogens is 320 g/mol. The van der Waals surface area contributed by atoms with Gasteiger partial charge in [-0.2, -0.15) is 0 Å². The Morgan fingerprint density at radius 1 is 1.25 bits per heavy atom. The maximum atomic E-state index is 12.3. The molecule has 0 aliphatic heterocycles. The van der Waals surface area contributed by atoms with E-state index in [0.29, 0.717) is 18.4 Å². The molecule has 5 nitrogen and oxygen atoms in total. The Balaban J connectivity index is 1.79. The van der Waals surface area contributed by atoms with Gasteiger partial charge in [0.25, 0.3) is 0 Å². The molecule has 1 aliphatic rings. The van der Waals surface area contributed by atoms with Crippen LogP contribution < -0.4 is 5.32 Å². The molecule has 0 saturated heterocycles. The van der Waals surface area contributed by atoms with Gasteiger partial charge in [0.15, 0.2) is 5.16 Å². The SMILES string of the molecule is CC(C)CNC(=O)[C@@H](C)Sc1nnc(C2CC2)n1-c1ccccc1. The fourth-order valence-corrected chi connectivity index (χ4v) is 3.34. The van der Waals surface area contributed by atoms with Crippen LogP contribution in [0.3, 0.4) is 0 Å². The second kappa shape index (κ2) is 7.38. The van der Waals surface area contributed by atoms with Gasteiger partial charge in [-0.15, -0.1) is 10.2 Å². The van der Waals surface area contributed by atoms with Crippen LogP contribution in [0.1, 0.15) is 45.4 Å². The summed E-state index contributed by atoms with van der Waals surface area (Å²) in [5.41, 5.74) is 1.06. The molecule has 1 atom stereocenters.